The van der Waals surface area contributed by atoms with Crippen LogP contribution in [0.25, 0.3) is 0 Å². The quantitative estimate of drug-likeness (QED) is 0.696. The Hall–Kier alpha value is -1.47. The molecule has 7 heteroatoms. The summed E-state index contributed by atoms with van der Waals surface area (Å²) < 4.78 is 5.07. The number of aromatic nitrogens is 1. The lowest BCUT2D eigenvalue weighted by Crippen LogP contribution is -2.37. The van der Waals surface area contributed by atoms with Gasteiger partial charge >= 0.3 is 5.97 Å². The summed E-state index contributed by atoms with van der Waals surface area (Å²) >= 11 is 1.34. The average molecular weight is 368 g/mol. The lowest BCUT2D eigenvalue weighted by molar-refractivity contribution is -0.137. The van der Waals surface area contributed by atoms with Crippen molar-refractivity contribution in [2.24, 2.45) is 5.92 Å². The Bertz CT molecular complexity index is 582. The highest BCUT2D eigenvalue weighted by atomic mass is 32.1. The normalized spacial score (nSPS) is 16.6. The third-order valence-corrected chi connectivity index (χ3v) is 5.83. The number of nitrogens with one attached hydrogen (secondary N) is 1. The van der Waals surface area contributed by atoms with Crippen molar-refractivity contribution in [1.82, 2.24) is 10.3 Å². The van der Waals surface area contributed by atoms with Crippen LogP contribution in [0.1, 0.15) is 71.7 Å². The van der Waals surface area contributed by atoms with Crippen molar-refractivity contribution in [1.29, 1.82) is 0 Å². The number of carbonyl (C=O) groups excluding carboxylic acids is 1. The van der Waals surface area contributed by atoms with Gasteiger partial charge in [-0.3, -0.25) is 9.59 Å². The van der Waals surface area contributed by atoms with Crippen LogP contribution in [0.4, 0.5) is 0 Å². The molecule has 1 saturated carbocycles. The van der Waals surface area contributed by atoms with E-state index in [9.17, 15) is 9.59 Å². The number of carbonyl (C=O) groups is 2. The van der Waals surface area contributed by atoms with Crippen molar-refractivity contribution in [2.75, 3.05) is 7.11 Å². The Morgan fingerprint density at radius 2 is 2.08 bits per heavy atom. The first-order chi connectivity index (χ1) is 12.0. The molecule has 1 aromatic rings. The monoisotopic (exact) mass is 368 g/mol. The molecule has 1 aromatic heterocycles. The van der Waals surface area contributed by atoms with Gasteiger partial charge < -0.3 is 15.2 Å². The van der Waals surface area contributed by atoms with Gasteiger partial charge in [-0.25, -0.2) is 4.98 Å². The number of rotatable bonds is 9. The predicted octanol–water partition coefficient (Wildman–Crippen LogP) is 3.53. The standard InChI is InChI=1S/C18H28N2O4S/c1-12-17(25-15(19-12)11-24-2)18(23)20-14(8-9-16(21)22)10-13-6-4-3-5-7-13/h13-14H,3-11H2,1-2H3,(H,20,23)(H,21,22). The lowest BCUT2D eigenvalue weighted by atomic mass is 9.84. The summed E-state index contributed by atoms with van der Waals surface area (Å²) in [5.41, 5.74) is 0.698. The number of carboxylic acids is 1. The fraction of sp³-hybridized carbons (Fsp3) is 0.722. The molecule has 140 valence electrons. The van der Waals surface area contributed by atoms with E-state index < -0.39 is 5.97 Å². The van der Waals surface area contributed by atoms with Crippen LogP contribution in [0.3, 0.4) is 0 Å². The van der Waals surface area contributed by atoms with Crippen LogP contribution in [0.5, 0.6) is 0 Å². The van der Waals surface area contributed by atoms with E-state index in [0.29, 0.717) is 29.5 Å². The number of aliphatic carboxylic acids is 1. The summed E-state index contributed by atoms with van der Waals surface area (Å²) in [5, 5.41) is 12.8. The van der Waals surface area contributed by atoms with Gasteiger partial charge in [0.2, 0.25) is 0 Å². The van der Waals surface area contributed by atoms with Crippen LogP contribution in [0.2, 0.25) is 0 Å². The SMILES string of the molecule is COCc1nc(C)c(C(=O)NC(CCC(=O)O)CC2CCCCC2)s1. The van der Waals surface area contributed by atoms with E-state index in [0.717, 1.165) is 11.4 Å². The lowest BCUT2D eigenvalue weighted by Gasteiger charge is -2.27. The molecule has 25 heavy (non-hydrogen) atoms. The molecule has 2 rings (SSSR count). The number of hydrogen-bond acceptors (Lipinski definition) is 5. The summed E-state index contributed by atoms with van der Waals surface area (Å²) in [7, 11) is 1.60. The highest BCUT2D eigenvalue weighted by Gasteiger charge is 2.23. The van der Waals surface area contributed by atoms with Crippen molar-refractivity contribution < 1.29 is 19.4 Å². The van der Waals surface area contributed by atoms with Gasteiger partial charge in [0.25, 0.3) is 5.91 Å². The molecule has 1 amide bonds. The second-order valence-corrected chi connectivity index (χ2v) is 7.88. The number of methoxy groups -OCH3 is 1. The third-order valence-electron chi connectivity index (χ3n) is 4.70. The molecule has 1 atom stereocenters. The highest BCUT2D eigenvalue weighted by Crippen LogP contribution is 2.28. The second kappa shape index (κ2) is 9.87. The average Bonchev–Trinajstić information content (AvgIpc) is 2.94. The number of nitrogens with zero attached hydrogens (tertiary/aromatic N) is 1. The first-order valence-corrected chi connectivity index (χ1v) is 9.79. The van der Waals surface area contributed by atoms with E-state index in [1.807, 2.05) is 6.92 Å². The highest BCUT2D eigenvalue weighted by molar-refractivity contribution is 7.13. The van der Waals surface area contributed by atoms with E-state index in [1.54, 1.807) is 7.11 Å². The van der Waals surface area contributed by atoms with Crippen molar-refractivity contribution >= 4 is 23.2 Å². The number of thiazole rings is 1. The predicted molar refractivity (Wildman–Crippen MR) is 96.9 cm³/mol. The molecule has 1 aliphatic rings. The zero-order valence-corrected chi connectivity index (χ0v) is 15.9. The van der Waals surface area contributed by atoms with Crippen LogP contribution in [-0.4, -0.2) is 35.1 Å². The minimum atomic E-state index is -0.820. The van der Waals surface area contributed by atoms with E-state index >= 15 is 0 Å². The summed E-state index contributed by atoms with van der Waals surface area (Å²) in [4.78, 5) is 28.5. The zero-order valence-electron chi connectivity index (χ0n) is 15.0. The summed E-state index contributed by atoms with van der Waals surface area (Å²) in [6.07, 6.45) is 7.52. The molecular formula is C18H28N2O4S. The molecule has 1 aliphatic carbocycles. The van der Waals surface area contributed by atoms with Crippen LogP contribution in [0, 0.1) is 12.8 Å². The molecule has 1 unspecified atom stereocenters. The van der Waals surface area contributed by atoms with E-state index in [2.05, 4.69) is 10.3 Å². The Morgan fingerprint density at radius 3 is 2.72 bits per heavy atom. The fourth-order valence-electron chi connectivity index (χ4n) is 3.47. The number of ether oxygens (including phenoxy) is 1. The molecule has 1 heterocycles. The molecule has 0 saturated heterocycles. The molecule has 6 nitrogen and oxygen atoms in total. The molecule has 0 aromatic carbocycles. The van der Waals surface area contributed by atoms with Gasteiger partial charge in [-0.1, -0.05) is 32.1 Å². The maximum Gasteiger partial charge on any atom is 0.303 e. The Balaban J connectivity index is 2.00. The Labute approximate surface area is 153 Å². The topological polar surface area (TPSA) is 88.5 Å². The molecule has 0 spiro atoms. The van der Waals surface area contributed by atoms with Gasteiger partial charge in [-0.05, 0) is 25.7 Å². The molecule has 0 radical (unpaired) electrons. The molecule has 1 fully saturated rings. The minimum absolute atomic E-state index is 0.0776. The van der Waals surface area contributed by atoms with Crippen molar-refractivity contribution in [2.45, 2.75) is 70.9 Å². The Morgan fingerprint density at radius 1 is 1.36 bits per heavy atom. The smallest absolute Gasteiger partial charge is 0.303 e. The molecule has 0 bridgehead atoms. The van der Waals surface area contributed by atoms with E-state index in [1.165, 1.54) is 43.4 Å². The third kappa shape index (κ3) is 6.40. The van der Waals surface area contributed by atoms with E-state index in [4.69, 9.17) is 9.84 Å². The van der Waals surface area contributed by atoms with Crippen LogP contribution < -0.4 is 5.32 Å². The Kier molecular flexibility index (Phi) is 7.84. The van der Waals surface area contributed by atoms with Crippen molar-refractivity contribution in [3.63, 3.8) is 0 Å². The molecular weight excluding hydrogens is 340 g/mol. The van der Waals surface area contributed by atoms with Gasteiger partial charge in [0.1, 0.15) is 9.88 Å². The summed E-state index contributed by atoms with van der Waals surface area (Å²) in [6, 6.07) is -0.0981. The summed E-state index contributed by atoms with van der Waals surface area (Å²) in [6.45, 7) is 2.21. The molecule has 2 N–H and O–H groups in total. The minimum Gasteiger partial charge on any atom is -0.481 e. The maximum absolute atomic E-state index is 12.7. The van der Waals surface area contributed by atoms with Gasteiger partial charge in [0.05, 0.1) is 12.3 Å². The fourth-order valence-corrected chi connectivity index (χ4v) is 4.41. The first kappa shape index (κ1) is 19.8. The van der Waals surface area contributed by atoms with Crippen LogP contribution in [0.15, 0.2) is 0 Å². The number of carboxylic acid groups (broad SMARTS) is 1. The van der Waals surface area contributed by atoms with Gasteiger partial charge in [0.15, 0.2) is 0 Å². The van der Waals surface area contributed by atoms with E-state index in [-0.39, 0.29) is 18.4 Å². The van der Waals surface area contributed by atoms with Crippen LogP contribution >= 0.6 is 11.3 Å². The van der Waals surface area contributed by atoms with Crippen molar-refractivity contribution in [3.05, 3.63) is 15.6 Å². The van der Waals surface area contributed by atoms with Gasteiger partial charge in [-0.15, -0.1) is 11.3 Å². The number of amides is 1. The van der Waals surface area contributed by atoms with Gasteiger partial charge in [0, 0.05) is 19.6 Å². The van der Waals surface area contributed by atoms with Crippen molar-refractivity contribution in [3.8, 4) is 0 Å². The second-order valence-electron chi connectivity index (χ2n) is 6.80. The van der Waals surface area contributed by atoms with Crippen LogP contribution in [-0.2, 0) is 16.1 Å². The molecule has 0 aliphatic heterocycles. The number of hydrogen-bond donors (Lipinski definition) is 2. The first-order valence-electron chi connectivity index (χ1n) is 8.97. The zero-order chi connectivity index (χ0) is 18.2. The largest absolute Gasteiger partial charge is 0.481 e. The maximum atomic E-state index is 12.7. The number of aryl methyl sites for hydroxylation is 1. The van der Waals surface area contributed by atoms with Gasteiger partial charge in [-0.2, -0.15) is 0 Å². The summed E-state index contributed by atoms with van der Waals surface area (Å²) in [5.74, 6) is -0.387.